The highest BCUT2D eigenvalue weighted by atomic mass is 35.5. The van der Waals surface area contributed by atoms with Crippen LogP contribution in [0.25, 0.3) is 16.7 Å². The Balaban J connectivity index is 2.35. The molecule has 0 aliphatic heterocycles. The second-order valence-corrected chi connectivity index (χ2v) is 4.09. The highest BCUT2D eigenvalue weighted by Gasteiger charge is 2.12. The summed E-state index contributed by atoms with van der Waals surface area (Å²) in [5.74, 6) is -0.966. The first-order chi connectivity index (χ1) is 9.16. The van der Waals surface area contributed by atoms with Crippen molar-refractivity contribution in [2.75, 3.05) is 0 Å². The number of para-hydroxylation sites is 1. The zero-order valence-electron chi connectivity index (χ0n) is 9.42. The molecule has 1 aromatic carbocycles. The van der Waals surface area contributed by atoms with Crippen LogP contribution in [0.15, 0.2) is 41.6 Å². The lowest BCUT2D eigenvalue weighted by atomic mass is 10.2. The highest BCUT2D eigenvalue weighted by molar-refractivity contribution is 6.28. The van der Waals surface area contributed by atoms with Crippen LogP contribution in [0.1, 0.15) is 0 Å². The van der Waals surface area contributed by atoms with Gasteiger partial charge in [0.25, 0.3) is 5.56 Å². The fraction of sp³-hybridized carbons (Fsp3) is 0. The van der Waals surface area contributed by atoms with Crippen LogP contribution in [0.3, 0.4) is 0 Å². The Bertz CT molecular complexity index is 833. The number of fused-ring (bicyclic) bond motifs is 1. The van der Waals surface area contributed by atoms with Crippen molar-refractivity contribution in [2.24, 2.45) is 0 Å². The third kappa shape index (κ3) is 1.96. The lowest BCUT2D eigenvalue weighted by Gasteiger charge is -2.06. The van der Waals surface area contributed by atoms with Gasteiger partial charge in [0.1, 0.15) is 6.33 Å². The summed E-state index contributed by atoms with van der Waals surface area (Å²) in [4.78, 5) is 23.5. The van der Waals surface area contributed by atoms with Gasteiger partial charge in [0, 0.05) is 0 Å². The Hall–Kier alpha value is -2.34. The van der Waals surface area contributed by atoms with Gasteiger partial charge in [0.2, 0.25) is 5.28 Å². The molecule has 0 unspecified atom stereocenters. The van der Waals surface area contributed by atoms with Gasteiger partial charge in [-0.1, -0.05) is 12.1 Å². The Morgan fingerprint density at radius 1 is 1.21 bits per heavy atom. The summed E-state index contributed by atoms with van der Waals surface area (Å²) < 4.78 is 14.7. The number of halogens is 2. The minimum Gasteiger partial charge on any atom is -0.268 e. The van der Waals surface area contributed by atoms with Crippen LogP contribution in [0.4, 0.5) is 4.39 Å². The van der Waals surface area contributed by atoms with Crippen LogP contribution in [0, 0.1) is 5.82 Å². The predicted octanol–water partition coefficient (Wildman–Crippen LogP) is 1.97. The van der Waals surface area contributed by atoms with Crippen LogP contribution in [-0.4, -0.2) is 19.5 Å². The van der Waals surface area contributed by atoms with Gasteiger partial charge in [-0.25, -0.2) is 18.9 Å². The minimum atomic E-state index is -0.747. The number of aromatic nitrogens is 4. The first kappa shape index (κ1) is 11.7. The van der Waals surface area contributed by atoms with Crippen molar-refractivity contribution >= 4 is 22.5 Å². The molecule has 0 saturated carbocycles. The lowest BCUT2D eigenvalue weighted by Crippen LogP contribution is -2.21. The summed E-state index contributed by atoms with van der Waals surface area (Å²) in [6, 6.07) is 6.78. The lowest BCUT2D eigenvalue weighted by molar-refractivity contribution is 0.598. The normalized spacial score (nSPS) is 10.8. The summed E-state index contributed by atoms with van der Waals surface area (Å²) in [5.41, 5.74) is 0.114. The summed E-state index contributed by atoms with van der Waals surface area (Å²) in [6.07, 6.45) is 2.12. The maximum Gasteiger partial charge on any atom is 0.267 e. The van der Waals surface area contributed by atoms with Crippen LogP contribution < -0.4 is 5.56 Å². The van der Waals surface area contributed by atoms with Crippen molar-refractivity contribution in [3.8, 4) is 5.82 Å². The molecule has 2 heterocycles. The Labute approximate surface area is 111 Å². The minimum absolute atomic E-state index is 0.142. The molecule has 19 heavy (non-hydrogen) atoms. The first-order valence-corrected chi connectivity index (χ1v) is 5.69. The molecular formula is C12H6ClFN4O. The largest absolute Gasteiger partial charge is 0.268 e. The van der Waals surface area contributed by atoms with Gasteiger partial charge >= 0.3 is 0 Å². The average Bonchev–Trinajstić information content (AvgIpc) is 2.43. The fourth-order valence-electron chi connectivity index (χ4n) is 1.73. The summed E-state index contributed by atoms with van der Waals surface area (Å²) in [5, 5.41) is 0.232. The zero-order valence-corrected chi connectivity index (χ0v) is 10.2. The topological polar surface area (TPSA) is 60.7 Å². The van der Waals surface area contributed by atoms with E-state index in [-0.39, 0.29) is 11.1 Å². The Kier molecular flexibility index (Phi) is 2.72. The molecule has 3 aromatic rings. The van der Waals surface area contributed by atoms with Gasteiger partial charge in [0.15, 0.2) is 11.6 Å². The van der Waals surface area contributed by atoms with Gasteiger partial charge in [-0.2, -0.15) is 4.98 Å². The van der Waals surface area contributed by atoms with Crippen molar-refractivity contribution in [2.45, 2.75) is 0 Å². The molecule has 0 aliphatic rings. The van der Waals surface area contributed by atoms with Gasteiger partial charge in [-0.3, -0.25) is 4.79 Å². The number of nitrogens with zero attached hydrogens (tertiary/aromatic N) is 4. The van der Waals surface area contributed by atoms with E-state index < -0.39 is 11.4 Å². The fourth-order valence-corrected chi connectivity index (χ4v) is 1.86. The summed E-state index contributed by atoms with van der Waals surface area (Å²) in [6.45, 7) is 0. The van der Waals surface area contributed by atoms with E-state index in [1.54, 1.807) is 24.3 Å². The van der Waals surface area contributed by atoms with E-state index in [0.29, 0.717) is 10.9 Å². The molecule has 7 heteroatoms. The quantitative estimate of drug-likeness (QED) is 0.638. The standard InChI is InChI=1S/C12H6ClFN4O/c13-12-15-5-8(14)10(17-12)18-6-16-9-4-2-1-3-7(9)11(18)19/h1-6H. The Morgan fingerprint density at radius 3 is 2.84 bits per heavy atom. The van der Waals surface area contributed by atoms with Crippen LogP contribution in [-0.2, 0) is 0 Å². The molecule has 0 fully saturated rings. The van der Waals surface area contributed by atoms with E-state index in [2.05, 4.69) is 15.0 Å². The maximum absolute atomic E-state index is 13.7. The molecule has 3 rings (SSSR count). The smallest absolute Gasteiger partial charge is 0.267 e. The van der Waals surface area contributed by atoms with Gasteiger partial charge in [-0.05, 0) is 23.7 Å². The van der Waals surface area contributed by atoms with Crippen LogP contribution >= 0.6 is 11.6 Å². The molecule has 0 atom stereocenters. The molecular weight excluding hydrogens is 271 g/mol. The van der Waals surface area contributed by atoms with Crippen molar-refractivity contribution in [1.82, 2.24) is 19.5 Å². The summed E-state index contributed by atoms with van der Waals surface area (Å²) >= 11 is 5.61. The second kappa shape index (κ2) is 4.40. The van der Waals surface area contributed by atoms with Crippen molar-refractivity contribution in [1.29, 1.82) is 0 Å². The predicted molar refractivity (Wildman–Crippen MR) is 67.9 cm³/mol. The first-order valence-electron chi connectivity index (χ1n) is 5.31. The Morgan fingerprint density at radius 2 is 2.00 bits per heavy atom. The van der Waals surface area contributed by atoms with Crippen LogP contribution in [0.5, 0.6) is 0 Å². The molecule has 94 valence electrons. The molecule has 0 aliphatic carbocycles. The van der Waals surface area contributed by atoms with E-state index in [4.69, 9.17) is 11.6 Å². The molecule has 2 aromatic heterocycles. The van der Waals surface area contributed by atoms with E-state index in [0.717, 1.165) is 10.8 Å². The van der Waals surface area contributed by atoms with E-state index in [1.165, 1.54) is 6.33 Å². The number of hydrogen-bond acceptors (Lipinski definition) is 4. The third-order valence-electron chi connectivity index (χ3n) is 2.59. The molecule has 0 radical (unpaired) electrons. The SMILES string of the molecule is O=c1c2ccccc2ncn1-c1nc(Cl)ncc1F. The third-order valence-corrected chi connectivity index (χ3v) is 2.77. The number of benzene rings is 1. The van der Waals surface area contributed by atoms with E-state index >= 15 is 0 Å². The molecule has 0 amide bonds. The number of rotatable bonds is 1. The molecule has 0 N–H and O–H groups in total. The maximum atomic E-state index is 13.7. The van der Waals surface area contributed by atoms with Gasteiger partial charge < -0.3 is 0 Å². The van der Waals surface area contributed by atoms with Gasteiger partial charge in [-0.15, -0.1) is 0 Å². The van der Waals surface area contributed by atoms with Crippen LogP contribution in [0.2, 0.25) is 5.28 Å². The zero-order chi connectivity index (χ0) is 13.4. The number of hydrogen-bond donors (Lipinski definition) is 0. The molecule has 0 spiro atoms. The van der Waals surface area contributed by atoms with Gasteiger partial charge in [0.05, 0.1) is 17.1 Å². The monoisotopic (exact) mass is 276 g/mol. The van der Waals surface area contributed by atoms with Crippen molar-refractivity contribution in [3.63, 3.8) is 0 Å². The van der Waals surface area contributed by atoms with Crippen molar-refractivity contribution in [3.05, 3.63) is 58.2 Å². The molecule has 5 nitrogen and oxygen atoms in total. The van der Waals surface area contributed by atoms with Crippen molar-refractivity contribution < 1.29 is 4.39 Å². The second-order valence-electron chi connectivity index (χ2n) is 3.75. The average molecular weight is 277 g/mol. The van der Waals surface area contributed by atoms with E-state index in [9.17, 15) is 9.18 Å². The van der Waals surface area contributed by atoms with E-state index in [1.807, 2.05) is 0 Å². The molecule has 0 bridgehead atoms. The highest BCUT2D eigenvalue weighted by Crippen LogP contribution is 2.12. The molecule has 0 saturated heterocycles. The summed E-state index contributed by atoms with van der Waals surface area (Å²) in [7, 11) is 0.